The van der Waals surface area contributed by atoms with E-state index in [9.17, 15) is 9.59 Å². The van der Waals surface area contributed by atoms with E-state index in [2.05, 4.69) is 10.6 Å². The molecule has 0 saturated heterocycles. The van der Waals surface area contributed by atoms with Crippen molar-refractivity contribution < 1.29 is 9.59 Å². The quantitative estimate of drug-likeness (QED) is 0.182. The molecule has 0 saturated carbocycles. The summed E-state index contributed by atoms with van der Waals surface area (Å²) in [5, 5.41) is 12.1. The van der Waals surface area contributed by atoms with E-state index >= 15 is 0 Å². The molecule has 5 rings (SSSR count). The fourth-order valence-corrected chi connectivity index (χ4v) is 4.93. The Kier molecular flexibility index (Phi) is 6.89. The van der Waals surface area contributed by atoms with Gasteiger partial charge in [-0.2, -0.15) is 5.10 Å². The van der Waals surface area contributed by atoms with Gasteiger partial charge in [0.1, 0.15) is 5.69 Å². The summed E-state index contributed by atoms with van der Waals surface area (Å²) >= 11 is 0. The van der Waals surface area contributed by atoms with Crippen LogP contribution in [0, 0.1) is 0 Å². The van der Waals surface area contributed by atoms with Crippen molar-refractivity contribution in [2.45, 2.75) is 38.5 Å². The van der Waals surface area contributed by atoms with Crippen LogP contribution in [-0.4, -0.2) is 35.1 Å². The van der Waals surface area contributed by atoms with E-state index in [-0.39, 0.29) is 5.78 Å². The second kappa shape index (κ2) is 10.6. The van der Waals surface area contributed by atoms with Gasteiger partial charge in [0, 0.05) is 35.3 Å². The van der Waals surface area contributed by atoms with Gasteiger partial charge in [0.2, 0.25) is 6.41 Å². The van der Waals surface area contributed by atoms with E-state index in [0.29, 0.717) is 11.1 Å². The standard InChI is InChI=1S/C29H30N4O2/c34-20-30-18-8-3-1-2-4-9-19-31-24-16-10-14-22-26(24)29(35)23-15-11-17-25-27(23)28(22)32-33(25)21-12-6-5-7-13-21/h5-7,10-17,20,31H,1-4,8-9,18-19H2,(H,30,34). The van der Waals surface area contributed by atoms with Gasteiger partial charge in [0.15, 0.2) is 5.78 Å². The number of carbonyl (C=O) groups excluding carboxylic acids is 2. The molecule has 1 aliphatic carbocycles. The number of hydrogen-bond acceptors (Lipinski definition) is 4. The summed E-state index contributed by atoms with van der Waals surface area (Å²) in [7, 11) is 0. The second-order valence-corrected chi connectivity index (χ2v) is 8.97. The van der Waals surface area contributed by atoms with Crippen molar-refractivity contribution in [1.82, 2.24) is 15.1 Å². The average molecular weight is 467 g/mol. The normalized spacial score (nSPS) is 11.9. The summed E-state index contributed by atoms with van der Waals surface area (Å²) in [6.45, 7) is 1.59. The van der Waals surface area contributed by atoms with Crippen LogP contribution in [0.2, 0.25) is 0 Å². The second-order valence-electron chi connectivity index (χ2n) is 8.97. The number of nitrogens with zero attached hydrogens (tertiary/aromatic N) is 2. The summed E-state index contributed by atoms with van der Waals surface area (Å²) in [6, 6.07) is 21.9. The summed E-state index contributed by atoms with van der Waals surface area (Å²) in [5.41, 5.74) is 5.99. The molecule has 1 aliphatic rings. The molecule has 0 spiro atoms. The zero-order valence-electron chi connectivity index (χ0n) is 19.8. The zero-order valence-corrected chi connectivity index (χ0v) is 19.8. The molecule has 0 fully saturated rings. The number of hydrogen-bond donors (Lipinski definition) is 2. The van der Waals surface area contributed by atoms with Gasteiger partial charge in [-0.1, -0.05) is 68.1 Å². The Morgan fingerprint density at radius 3 is 2.29 bits per heavy atom. The van der Waals surface area contributed by atoms with E-state index in [0.717, 1.165) is 78.7 Å². The molecule has 35 heavy (non-hydrogen) atoms. The molecule has 1 heterocycles. The highest BCUT2D eigenvalue weighted by atomic mass is 16.1. The molecule has 1 aromatic heterocycles. The number of carbonyl (C=O) groups is 2. The molecule has 0 radical (unpaired) electrons. The first-order chi connectivity index (χ1) is 17.3. The van der Waals surface area contributed by atoms with Crippen molar-refractivity contribution >= 4 is 28.8 Å². The highest BCUT2D eigenvalue weighted by Crippen LogP contribution is 2.42. The van der Waals surface area contributed by atoms with Crippen LogP contribution < -0.4 is 10.6 Å². The topological polar surface area (TPSA) is 76.0 Å². The van der Waals surface area contributed by atoms with E-state index in [4.69, 9.17) is 5.10 Å². The van der Waals surface area contributed by atoms with Crippen LogP contribution in [0.1, 0.15) is 54.4 Å². The maximum Gasteiger partial charge on any atom is 0.207 e. The van der Waals surface area contributed by atoms with Crippen molar-refractivity contribution in [3.8, 4) is 16.9 Å². The number of rotatable bonds is 12. The van der Waals surface area contributed by atoms with Gasteiger partial charge in [-0.15, -0.1) is 0 Å². The van der Waals surface area contributed by atoms with E-state index < -0.39 is 0 Å². The summed E-state index contributed by atoms with van der Waals surface area (Å²) < 4.78 is 1.94. The fraction of sp³-hybridized carbons (Fsp3) is 0.276. The number of aromatic nitrogens is 2. The van der Waals surface area contributed by atoms with Crippen molar-refractivity contribution in [2.24, 2.45) is 0 Å². The number of amides is 1. The molecular formula is C29H30N4O2. The minimum Gasteiger partial charge on any atom is -0.384 e. The lowest BCUT2D eigenvalue weighted by Crippen LogP contribution is -2.14. The SMILES string of the molecule is O=CNCCCCCCCCNc1cccc2c1C(=O)c1cccc3c1c-2nn3-c1ccccc1. The molecule has 6 nitrogen and oxygen atoms in total. The highest BCUT2D eigenvalue weighted by Gasteiger charge is 2.30. The Morgan fingerprint density at radius 2 is 1.49 bits per heavy atom. The number of ketones is 1. The lowest BCUT2D eigenvalue weighted by Gasteiger charge is -2.19. The van der Waals surface area contributed by atoms with E-state index in [1.807, 2.05) is 71.4 Å². The molecule has 178 valence electrons. The van der Waals surface area contributed by atoms with Crippen LogP contribution >= 0.6 is 0 Å². The van der Waals surface area contributed by atoms with E-state index in [1.165, 1.54) is 12.8 Å². The first kappa shape index (κ1) is 22.8. The zero-order chi connectivity index (χ0) is 24.0. The Bertz CT molecular complexity index is 1340. The lowest BCUT2D eigenvalue weighted by atomic mass is 9.86. The Balaban J connectivity index is 1.32. The van der Waals surface area contributed by atoms with Gasteiger partial charge in [0.25, 0.3) is 0 Å². The third-order valence-electron chi connectivity index (χ3n) is 6.65. The van der Waals surface area contributed by atoms with Crippen molar-refractivity contribution in [3.63, 3.8) is 0 Å². The third-order valence-corrected chi connectivity index (χ3v) is 6.65. The lowest BCUT2D eigenvalue weighted by molar-refractivity contribution is -0.109. The largest absolute Gasteiger partial charge is 0.384 e. The molecule has 6 heteroatoms. The van der Waals surface area contributed by atoms with Crippen LogP contribution in [0.15, 0.2) is 66.7 Å². The number of nitrogens with one attached hydrogen (secondary N) is 2. The number of unbranched alkanes of at least 4 members (excludes halogenated alkanes) is 5. The maximum absolute atomic E-state index is 13.6. The van der Waals surface area contributed by atoms with Crippen LogP contribution in [0.3, 0.4) is 0 Å². The summed E-state index contributed by atoms with van der Waals surface area (Å²) in [4.78, 5) is 23.9. The smallest absolute Gasteiger partial charge is 0.207 e. The fourth-order valence-electron chi connectivity index (χ4n) is 4.93. The first-order valence-electron chi connectivity index (χ1n) is 12.5. The molecule has 3 aromatic carbocycles. The van der Waals surface area contributed by atoms with Crippen molar-refractivity contribution in [3.05, 3.63) is 77.9 Å². The Labute approximate surface area is 205 Å². The van der Waals surface area contributed by atoms with Crippen LogP contribution in [0.4, 0.5) is 5.69 Å². The number of para-hydroxylation sites is 1. The predicted molar refractivity (Wildman–Crippen MR) is 140 cm³/mol. The number of fused-ring (bicyclic) bond motifs is 2. The van der Waals surface area contributed by atoms with Crippen molar-refractivity contribution in [2.75, 3.05) is 18.4 Å². The summed E-state index contributed by atoms with van der Waals surface area (Å²) in [5.74, 6) is 0.0535. The van der Waals surface area contributed by atoms with Gasteiger partial charge in [-0.05, 0) is 37.1 Å². The van der Waals surface area contributed by atoms with Crippen LogP contribution in [0.5, 0.6) is 0 Å². The average Bonchev–Trinajstić information content (AvgIpc) is 3.29. The van der Waals surface area contributed by atoms with Gasteiger partial charge >= 0.3 is 0 Å². The summed E-state index contributed by atoms with van der Waals surface area (Å²) in [6.07, 6.45) is 7.47. The highest BCUT2D eigenvalue weighted by molar-refractivity contribution is 6.27. The van der Waals surface area contributed by atoms with E-state index in [1.54, 1.807) is 0 Å². The van der Waals surface area contributed by atoms with Crippen molar-refractivity contribution in [1.29, 1.82) is 0 Å². The Hall–Kier alpha value is -3.93. The molecule has 0 unspecified atom stereocenters. The van der Waals surface area contributed by atoms with Crippen LogP contribution in [-0.2, 0) is 4.79 Å². The molecule has 1 amide bonds. The third kappa shape index (κ3) is 4.56. The van der Waals surface area contributed by atoms with Gasteiger partial charge in [-0.25, -0.2) is 4.68 Å². The van der Waals surface area contributed by atoms with Crippen LogP contribution in [0.25, 0.3) is 27.8 Å². The maximum atomic E-state index is 13.6. The molecule has 0 atom stereocenters. The van der Waals surface area contributed by atoms with Gasteiger partial charge in [-0.3, -0.25) is 9.59 Å². The molecule has 2 N–H and O–H groups in total. The van der Waals surface area contributed by atoms with Gasteiger partial charge < -0.3 is 10.6 Å². The molecule has 4 aromatic rings. The minimum atomic E-state index is 0.0535. The Morgan fingerprint density at radius 1 is 0.771 bits per heavy atom. The first-order valence-corrected chi connectivity index (χ1v) is 12.5. The number of benzene rings is 3. The molecular weight excluding hydrogens is 436 g/mol. The minimum absolute atomic E-state index is 0.0535. The molecule has 0 bridgehead atoms. The number of anilines is 1. The monoisotopic (exact) mass is 466 g/mol. The predicted octanol–water partition coefficient (Wildman–Crippen LogP) is 5.74. The molecule has 0 aliphatic heterocycles. The van der Waals surface area contributed by atoms with Gasteiger partial charge in [0.05, 0.1) is 16.8 Å².